The molecule has 3 atom stereocenters. The van der Waals surface area contributed by atoms with E-state index in [0.717, 1.165) is 35.1 Å². The standard InChI is InChI=1S/C29H36N4O4/c1-5-33-20(3)15-21(16-27(34)32-36)17-29(33,4)31-28(35)22-10-12-24(13-11-22)37-18-23-14-19(2)30-26-9-7-6-8-25(23)26/h6-14,20-21,36H,5,15-18H2,1-4H3,(H,31,35)(H,32,34). The fourth-order valence-corrected chi connectivity index (χ4v) is 5.80. The zero-order valence-electron chi connectivity index (χ0n) is 22.0. The Morgan fingerprint density at radius 1 is 1.19 bits per heavy atom. The van der Waals surface area contributed by atoms with Gasteiger partial charge in [0.1, 0.15) is 12.4 Å². The van der Waals surface area contributed by atoms with Gasteiger partial charge in [-0.1, -0.05) is 25.1 Å². The highest BCUT2D eigenvalue weighted by molar-refractivity contribution is 5.94. The molecule has 1 saturated heterocycles. The van der Waals surface area contributed by atoms with Gasteiger partial charge in [0.15, 0.2) is 0 Å². The Morgan fingerprint density at radius 2 is 1.92 bits per heavy atom. The van der Waals surface area contributed by atoms with E-state index >= 15 is 0 Å². The van der Waals surface area contributed by atoms with Crippen molar-refractivity contribution >= 4 is 22.7 Å². The molecule has 0 aliphatic carbocycles. The molecule has 1 aliphatic rings. The third kappa shape index (κ3) is 6.09. The molecule has 0 saturated carbocycles. The Morgan fingerprint density at radius 3 is 2.62 bits per heavy atom. The Labute approximate surface area is 218 Å². The first-order valence-electron chi connectivity index (χ1n) is 12.8. The second-order valence-electron chi connectivity index (χ2n) is 10.2. The number of hydroxylamine groups is 1. The largest absolute Gasteiger partial charge is 0.489 e. The minimum Gasteiger partial charge on any atom is -0.489 e. The number of ether oxygens (including phenoxy) is 1. The maximum absolute atomic E-state index is 13.2. The molecule has 196 valence electrons. The summed E-state index contributed by atoms with van der Waals surface area (Å²) in [5.41, 5.74) is 4.60. The predicted octanol–water partition coefficient (Wildman–Crippen LogP) is 4.58. The van der Waals surface area contributed by atoms with Crippen molar-refractivity contribution < 1.29 is 19.5 Å². The van der Waals surface area contributed by atoms with Gasteiger partial charge >= 0.3 is 0 Å². The first-order valence-corrected chi connectivity index (χ1v) is 12.8. The maximum Gasteiger partial charge on any atom is 0.252 e. The Hall–Kier alpha value is -3.49. The third-order valence-corrected chi connectivity index (χ3v) is 7.29. The quantitative estimate of drug-likeness (QED) is 0.306. The van der Waals surface area contributed by atoms with Gasteiger partial charge in [-0.15, -0.1) is 0 Å². The second-order valence-corrected chi connectivity index (χ2v) is 10.2. The molecule has 8 nitrogen and oxygen atoms in total. The topological polar surface area (TPSA) is 104 Å². The van der Waals surface area contributed by atoms with Crippen LogP contribution in [0.3, 0.4) is 0 Å². The number of hydrogen-bond donors (Lipinski definition) is 3. The fraction of sp³-hybridized carbons (Fsp3) is 0.414. The zero-order chi connectivity index (χ0) is 26.6. The molecule has 3 N–H and O–H groups in total. The number of aromatic nitrogens is 1. The van der Waals surface area contributed by atoms with Crippen LogP contribution in [0.1, 0.15) is 61.6 Å². The van der Waals surface area contributed by atoms with Crippen LogP contribution in [0.4, 0.5) is 0 Å². The molecule has 0 bridgehead atoms. The Kier molecular flexibility index (Phi) is 8.10. The molecule has 3 aromatic rings. The van der Waals surface area contributed by atoms with E-state index in [1.807, 2.05) is 56.3 Å². The van der Waals surface area contributed by atoms with E-state index in [1.165, 1.54) is 0 Å². The van der Waals surface area contributed by atoms with Gasteiger partial charge in [-0.2, -0.15) is 0 Å². The highest BCUT2D eigenvalue weighted by Crippen LogP contribution is 2.35. The van der Waals surface area contributed by atoms with Crippen LogP contribution in [0.15, 0.2) is 54.6 Å². The maximum atomic E-state index is 13.2. The van der Waals surface area contributed by atoms with E-state index in [0.29, 0.717) is 24.3 Å². The molecular formula is C29H36N4O4. The Bertz CT molecular complexity index is 1260. The summed E-state index contributed by atoms with van der Waals surface area (Å²) < 4.78 is 6.04. The molecule has 8 heteroatoms. The minimum absolute atomic E-state index is 0.0546. The van der Waals surface area contributed by atoms with E-state index < -0.39 is 11.6 Å². The van der Waals surface area contributed by atoms with Crippen molar-refractivity contribution in [1.29, 1.82) is 0 Å². The summed E-state index contributed by atoms with van der Waals surface area (Å²) in [6, 6.07) is 17.4. The number of fused-ring (bicyclic) bond motifs is 1. The number of hydrogen-bond acceptors (Lipinski definition) is 6. The fourth-order valence-electron chi connectivity index (χ4n) is 5.80. The summed E-state index contributed by atoms with van der Waals surface area (Å²) >= 11 is 0. The number of likely N-dealkylation sites (tertiary alicyclic amines) is 1. The number of benzene rings is 2. The lowest BCUT2D eigenvalue weighted by Crippen LogP contribution is -2.64. The molecule has 1 aliphatic heterocycles. The van der Waals surface area contributed by atoms with Gasteiger partial charge in [0.25, 0.3) is 5.91 Å². The van der Waals surface area contributed by atoms with Crippen molar-refractivity contribution in [3.63, 3.8) is 0 Å². The van der Waals surface area contributed by atoms with Crippen molar-refractivity contribution in [1.82, 2.24) is 20.7 Å². The summed E-state index contributed by atoms with van der Waals surface area (Å²) in [5.74, 6) is 0.154. The minimum atomic E-state index is -0.612. The summed E-state index contributed by atoms with van der Waals surface area (Å²) in [4.78, 5) is 31.9. The van der Waals surface area contributed by atoms with E-state index in [4.69, 9.17) is 9.94 Å². The number of carbonyl (C=O) groups excluding carboxylic acids is 2. The number of pyridine rings is 1. The molecule has 3 unspecified atom stereocenters. The molecule has 0 radical (unpaired) electrons. The van der Waals surface area contributed by atoms with Crippen molar-refractivity contribution in [3.8, 4) is 5.75 Å². The number of nitrogens with one attached hydrogen (secondary N) is 2. The summed E-state index contributed by atoms with van der Waals surface area (Å²) in [7, 11) is 0. The van der Waals surface area contributed by atoms with Gasteiger partial charge in [-0.05, 0) is 82.5 Å². The molecule has 2 amide bonds. The average molecular weight is 505 g/mol. The lowest BCUT2D eigenvalue weighted by molar-refractivity contribution is -0.131. The van der Waals surface area contributed by atoms with Gasteiger partial charge in [0, 0.05) is 34.7 Å². The number of nitrogens with zero attached hydrogens (tertiary/aromatic N) is 2. The lowest BCUT2D eigenvalue weighted by Gasteiger charge is -2.51. The van der Waals surface area contributed by atoms with Crippen LogP contribution < -0.4 is 15.5 Å². The van der Waals surface area contributed by atoms with Gasteiger partial charge in [-0.3, -0.25) is 24.7 Å². The average Bonchev–Trinajstić information content (AvgIpc) is 2.87. The smallest absolute Gasteiger partial charge is 0.252 e. The van der Waals surface area contributed by atoms with E-state index in [2.05, 4.69) is 29.0 Å². The van der Waals surface area contributed by atoms with Gasteiger partial charge in [0.05, 0.1) is 11.2 Å². The van der Waals surface area contributed by atoms with Crippen LogP contribution in [0.2, 0.25) is 0 Å². The number of rotatable bonds is 8. The lowest BCUT2D eigenvalue weighted by atomic mass is 9.81. The molecule has 37 heavy (non-hydrogen) atoms. The third-order valence-electron chi connectivity index (χ3n) is 7.29. The van der Waals surface area contributed by atoms with Crippen molar-refractivity contribution in [3.05, 3.63) is 71.4 Å². The van der Waals surface area contributed by atoms with E-state index in [-0.39, 0.29) is 24.3 Å². The van der Waals surface area contributed by atoms with Crippen LogP contribution in [-0.2, 0) is 11.4 Å². The van der Waals surface area contributed by atoms with Crippen molar-refractivity contribution in [2.45, 2.75) is 65.3 Å². The molecule has 1 aromatic heterocycles. The van der Waals surface area contributed by atoms with Crippen LogP contribution in [0.25, 0.3) is 10.9 Å². The summed E-state index contributed by atoms with van der Waals surface area (Å²) in [5, 5.41) is 13.2. The zero-order valence-corrected chi connectivity index (χ0v) is 22.0. The van der Waals surface area contributed by atoms with Gasteiger partial charge < -0.3 is 10.1 Å². The van der Waals surface area contributed by atoms with Gasteiger partial charge in [-0.25, -0.2) is 5.48 Å². The van der Waals surface area contributed by atoms with Crippen LogP contribution in [0.5, 0.6) is 5.75 Å². The summed E-state index contributed by atoms with van der Waals surface area (Å²) in [6.45, 7) is 9.33. The van der Waals surface area contributed by atoms with Crippen LogP contribution in [0, 0.1) is 12.8 Å². The number of aryl methyl sites for hydroxylation is 1. The SMILES string of the molecule is CCN1C(C)CC(CC(=O)NO)CC1(C)NC(=O)c1ccc(OCc2cc(C)nc3ccccc23)cc1. The van der Waals surface area contributed by atoms with Crippen LogP contribution >= 0.6 is 0 Å². The molecule has 4 rings (SSSR count). The number of carbonyl (C=O) groups is 2. The first kappa shape index (κ1) is 26.6. The van der Waals surface area contributed by atoms with Gasteiger partial charge in [0.2, 0.25) is 5.91 Å². The monoisotopic (exact) mass is 504 g/mol. The molecule has 0 spiro atoms. The van der Waals surface area contributed by atoms with Crippen LogP contribution in [-0.4, -0.2) is 45.2 Å². The number of piperidine rings is 1. The van der Waals surface area contributed by atoms with Crippen molar-refractivity contribution in [2.24, 2.45) is 5.92 Å². The molecule has 2 aromatic carbocycles. The predicted molar refractivity (Wildman–Crippen MR) is 142 cm³/mol. The normalized spacial score (nSPS) is 22.0. The van der Waals surface area contributed by atoms with E-state index in [1.54, 1.807) is 17.6 Å². The number of amides is 2. The molecular weight excluding hydrogens is 468 g/mol. The Balaban J connectivity index is 1.43. The highest BCUT2D eigenvalue weighted by atomic mass is 16.5. The first-order chi connectivity index (χ1) is 17.7. The molecule has 1 fully saturated rings. The number of para-hydroxylation sites is 1. The molecule has 2 heterocycles. The second kappa shape index (κ2) is 11.3. The summed E-state index contributed by atoms with van der Waals surface area (Å²) in [6.07, 6.45) is 1.66. The van der Waals surface area contributed by atoms with E-state index in [9.17, 15) is 9.59 Å². The highest BCUT2D eigenvalue weighted by Gasteiger charge is 2.43. The van der Waals surface area contributed by atoms with Crippen molar-refractivity contribution in [2.75, 3.05) is 6.54 Å².